The number of piperidine rings is 1. The molecule has 0 bridgehead atoms. The maximum atomic E-state index is 13.6. The molecule has 0 radical (unpaired) electrons. The molecule has 1 aliphatic heterocycles. The number of nitrogens with one attached hydrogen (secondary N) is 2. The minimum absolute atomic E-state index is 0.0694. The van der Waals surface area contributed by atoms with Crippen LogP contribution in [0.5, 0.6) is 0 Å². The van der Waals surface area contributed by atoms with Gasteiger partial charge in [-0.05, 0) is 71.3 Å². The Morgan fingerprint density at radius 2 is 1.69 bits per heavy atom. The molecule has 1 saturated heterocycles. The quantitative estimate of drug-likeness (QED) is 0.247. The summed E-state index contributed by atoms with van der Waals surface area (Å²) in [4.78, 5) is 43.4. The Balaban J connectivity index is 2.94. The number of hydrogen-bond donors (Lipinski definition) is 3. The Labute approximate surface area is 219 Å². The van der Waals surface area contributed by atoms with E-state index < -0.39 is 6.04 Å². The molecule has 208 valence electrons. The highest BCUT2D eigenvalue weighted by atomic mass is 16.3. The predicted molar refractivity (Wildman–Crippen MR) is 145 cm³/mol. The van der Waals surface area contributed by atoms with Gasteiger partial charge in [0.25, 0.3) is 0 Å². The monoisotopic (exact) mass is 508 g/mol. The number of nitrogens with zero attached hydrogens (tertiary/aromatic N) is 2. The van der Waals surface area contributed by atoms with Gasteiger partial charge in [0.1, 0.15) is 6.04 Å². The summed E-state index contributed by atoms with van der Waals surface area (Å²) in [5.41, 5.74) is 0.565. The van der Waals surface area contributed by atoms with Gasteiger partial charge in [0.05, 0.1) is 12.1 Å². The van der Waals surface area contributed by atoms with Gasteiger partial charge in [0, 0.05) is 31.8 Å². The van der Waals surface area contributed by atoms with E-state index in [1.54, 1.807) is 18.9 Å². The average Bonchev–Trinajstić information content (AvgIpc) is 2.83. The predicted octanol–water partition coefficient (Wildman–Crippen LogP) is 3.10. The van der Waals surface area contributed by atoms with Crippen LogP contribution in [0.3, 0.4) is 0 Å². The van der Waals surface area contributed by atoms with E-state index in [-0.39, 0.29) is 54.3 Å². The van der Waals surface area contributed by atoms with Crippen LogP contribution in [0.15, 0.2) is 11.6 Å². The molecule has 1 rings (SSSR count). The number of carbonyl (C=O) groups is 3. The molecule has 0 aromatic heterocycles. The van der Waals surface area contributed by atoms with Crippen molar-refractivity contribution in [2.24, 2.45) is 11.8 Å². The molecule has 0 spiro atoms. The summed E-state index contributed by atoms with van der Waals surface area (Å²) in [6.07, 6.45) is 7.19. The Kier molecular flexibility index (Phi) is 14.3. The molecule has 3 N–H and O–H groups in total. The van der Waals surface area contributed by atoms with Crippen molar-refractivity contribution in [3.63, 3.8) is 0 Å². The number of amides is 3. The van der Waals surface area contributed by atoms with Crippen LogP contribution in [0, 0.1) is 11.8 Å². The van der Waals surface area contributed by atoms with Gasteiger partial charge in [-0.1, -0.05) is 40.2 Å². The second-order valence-electron chi connectivity index (χ2n) is 11.1. The number of likely N-dealkylation sites (tertiary alicyclic amines) is 1. The van der Waals surface area contributed by atoms with E-state index in [1.165, 1.54) is 0 Å². The number of aliphatic hydroxyl groups excluding tert-OH is 1. The molecular weight excluding hydrogens is 456 g/mol. The van der Waals surface area contributed by atoms with Gasteiger partial charge in [0.15, 0.2) is 0 Å². The highest BCUT2D eigenvalue weighted by Gasteiger charge is 2.35. The molecule has 8 nitrogen and oxygen atoms in total. The average molecular weight is 509 g/mol. The third kappa shape index (κ3) is 9.85. The van der Waals surface area contributed by atoms with Crippen LogP contribution in [0.1, 0.15) is 87.0 Å². The third-order valence-corrected chi connectivity index (χ3v) is 7.12. The molecule has 3 amide bonds. The van der Waals surface area contributed by atoms with Gasteiger partial charge < -0.3 is 20.6 Å². The van der Waals surface area contributed by atoms with Crippen molar-refractivity contribution in [3.05, 3.63) is 11.6 Å². The van der Waals surface area contributed by atoms with Crippen molar-refractivity contribution in [2.75, 3.05) is 26.7 Å². The van der Waals surface area contributed by atoms with E-state index in [2.05, 4.69) is 29.4 Å². The minimum Gasteiger partial charge on any atom is -0.396 e. The lowest BCUT2D eigenvalue weighted by atomic mass is 9.95. The SMILES string of the molecule is C/C(=C\C(C(C)C)N(C)C(=O)C(NC(=O)C1CCCCN1C(C)C)C(C)C)C(=O)NCCCCCO. The first-order valence-electron chi connectivity index (χ1n) is 13.8. The smallest absolute Gasteiger partial charge is 0.246 e. The van der Waals surface area contributed by atoms with E-state index in [0.29, 0.717) is 12.1 Å². The van der Waals surface area contributed by atoms with E-state index in [4.69, 9.17) is 5.11 Å². The van der Waals surface area contributed by atoms with Gasteiger partial charge in [-0.15, -0.1) is 0 Å². The van der Waals surface area contributed by atoms with E-state index >= 15 is 0 Å². The highest BCUT2D eigenvalue weighted by molar-refractivity contribution is 5.93. The zero-order valence-electron chi connectivity index (χ0n) is 24.0. The van der Waals surface area contributed by atoms with Crippen molar-refractivity contribution in [1.29, 1.82) is 0 Å². The highest BCUT2D eigenvalue weighted by Crippen LogP contribution is 2.21. The van der Waals surface area contributed by atoms with E-state index in [9.17, 15) is 14.4 Å². The zero-order valence-corrected chi connectivity index (χ0v) is 24.0. The zero-order chi connectivity index (χ0) is 27.4. The minimum atomic E-state index is -0.631. The normalized spacial score (nSPS) is 18.9. The number of carbonyl (C=O) groups excluding carboxylic acids is 3. The first-order valence-corrected chi connectivity index (χ1v) is 13.8. The number of aliphatic hydroxyl groups is 1. The summed E-state index contributed by atoms with van der Waals surface area (Å²) in [7, 11) is 1.76. The summed E-state index contributed by atoms with van der Waals surface area (Å²) in [6.45, 7) is 15.6. The van der Waals surface area contributed by atoms with Gasteiger partial charge >= 0.3 is 0 Å². The molecule has 1 fully saturated rings. The fourth-order valence-corrected chi connectivity index (χ4v) is 4.82. The van der Waals surface area contributed by atoms with Crippen LogP contribution in [0.25, 0.3) is 0 Å². The molecule has 0 aromatic rings. The summed E-state index contributed by atoms with van der Waals surface area (Å²) >= 11 is 0. The van der Waals surface area contributed by atoms with Crippen molar-refractivity contribution in [1.82, 2.24) is 20.4 Å². The van der Waals surface area contributed by atoms with Crippen molar-refractivity contribution >= 4 is 17.7 Å². The topological polar surface area (TPSA) is 102 Å². The van der Waals surface area contributed by atoms with Gasteiger partial charge in [-0.25, -0.2) is 0 Å². The van der Waals surface area contributed by atoms with Crippen LogP contribution in [-0.4, -0.2) is 83.5 Å². The molecule has 36 heavy (non-hydrogen) atoms. The van der Waals surface area contributed by atoms with Gasteiger partial charge in [-0.3, -0.25) is 19.3 Å². The molecule has 3 atom stereocenters. The number of hydrogen-bond acceptors (Lipinski definition) is 5. The van der Waals surface area contributed by atoms with Crippen LogP contribution in [0.2, 0.25) is 0 Å². The van der Waals surface area contributed by atoms with Crippen LogP contribution < -0.4 is 10.6 Å². The van der Waals surface area contributed by atoms with Crippen LogP contribution in [-0.2, 0) is 14.4 Å². The van der Waals surface area contributed by atoms with E-state index in [1.807, 2.05) is 33.8 Å². The molecule has 3 unspecified atom stereocenters. The second kappa shape index (κ2) is 16.0. The van der Waals surface area contributed by atoms with Crippen molar-refractivity contribution < 1.29 is 19.5 Å². The fourth-order valence-electron chi connectivity index (χ4n) is 4.82. The summed E-state index contributed by atoms with van der Waals surface area (Å²) in [5, 5.41) is 14.9. The van der Waals surface area contributed by atoms with Crippen molar-refractivity contribution in [2.45, 2.75) is 111 Å². The number of unbranched alkanes of at least 4 members (excludes halogenated alkanes) is 2. The lowest BCUT2D eigenvalue weighted by molar-refractivity contribution is -0.140. The molecule has 0 aliphatic carbocycles. The van der Waals surface area contributed by atoms with Crippen LogP contribution in [0.4, 0.5) is 0 Å². The Morgan fingerprint density at radius 3 is 2.25 bits per heavy atom. The molecular formula is C28H52N4O4. The number of likely N-dealkylation sites (N-methyl/N-ethyl adjacent to an activating group) is 1. The Bertz CT molecular complexity index is 735. The van der Waals surface area contributed by atoms with Gasteiger partial charge in [-0.2, -0.15) is 0 Å². The molecule has 0 saturated carbocycles. The first-order chi connectivity index (χ1) is 16.9. The first kappa shape index (κ1) is 32.1. The molecule has 0 aromatic carbocycles. The standard InChI is InChI=1S/C28H52N4O4/c1-19(2)24(18-22(7)26(34)29-15-11-9-13-17-33)31(8)28(36)25(20(3)4)30-27(35)23-14-10-12-16-32(23)21(5)6/h18-21,23-25,33H,9-17H2,1-8H3,(H,29,34)(H,30,35)/b22-18+. The van der Waals surface area contributed by atoms with Crippen molar-refractivity contribution in [3.8, 4) is 0 Å². The summed E-state index contributed by atoms with van der Waals surface area (Å²) in [5.74, 6) is -0.343. The maximum absolute atomic E-state index is 13.6. The van der Waals surface area contributed by atoms with E-state index in [0.717, 1.165) is 45.1 Å². The second-order valence-corrected chi connectivity index (χ2v) is 11.1. The maximum Gasteiger partial charge on any atom is 0.246 e. The fraction of sp³-hybridized carbons (Fsp3) is 0.821. The lowest BCUT2D eigenvalue weighted by Crippen LogP contribution is -2.58. The molecule has 8 heteroatoms. The Morgan fingerprint density at radius 1 is 1.03 bits per heavy atom. The Hall–Kier alpha value is -1.93. The molecule has 1 aliphatic rings. The third-order valence-electron chi connectivity index (χ3n) is 7.12. The summed E-state index contributed by atoms with van der Waals surface area (Å²) in [6, 6.07) is -0.843. The van der Waals surface area contributed by atoms with Crippen LogP contribution >= 0.6 is 0 Å². The number of rotatable bonds is 14. The molecule has 1 heterocycles. The summed E-state index contributed by atoms with van der Waals surface area (Å²) < 4.78 is 0. The lowest BCUT2D eigenvalue weighted by Gasteiger charge is -2.39. The largest absolute Gasteiger partial charge is 0.396 e. The van der Waals surface area contributed by atoms with Gasteiger partial charge in [0.2, 0.25) is 17.7 Å².